The first kappa shape index (κ1) is 14.0. The van der Waals surface area contributed by atoms with Crippen molar-refractivity contribution < 1.29 is 9.84 Å². The molecule has 0 saturated carbocycles. The third kappa shape index (κ3) is 2.71. The molecule has 3 aromatic rings. The summed E-state index contributed by atoms with van der Waals surface area (Å²) in [5, 5.41) is 10.7. The van der Waals surface area contributed by atoms with Crippen molar-refractivity contribution in [2.24, 2.45) is 0 Å². The van der Waals surface area contributed by atoms with Crippen molar-refractivity contribution in [3.8, 4) is 17.1 Å². The maximum absolute atomic E-state index is 9.84. The molecule has 0 atom stereocenters. The second-order valence-corrected chi connectivity index (χ2v) is 5.54. The number of aromatic nitrogens is 2. The lowest BCUT2D eigenvalue weighted by molar-refractivity contribution is 0.122. The van der Waals surface area contributed by atoms with Crippen LogP contribution in [-0.2, 0) is 4.74 Å². The molecule has 0 radical (unpaired) electrons. The molecule has 0 aliphatic carbocycles. The highest BCUT2D eigenvalue weighted by Crippen LogP contribution is 2.30. The SMILES string of the molecule is Oc1ccc2nc(-c3ccccc3)nc(N3CCOCC3)c2c1. The smallest absolute Gasteiger partial charge is 0.162 e. The van der Waals surface area contributed by atoms with Crippen LogP contribution in [0.5, 0.6) is 5.75 Å². The summed E-state index contributed by atoms with van der Waals surface area (Å²) in [5.74, 6) is 1.78. The average molecular weight is 307 g/mol. The molecule has 1 aliphatic heterocycles. The van der Waals surface area contributed by atoms with E-state index < -0.39 is 0 Å². The van der Waals surface area contributed by atoms with Gasteiger partial charge in [-0.1, -0.05) is 30.3 Å². The second-order valence-electron chi connectivity index (χ2n) is 5.54. The first-order chi connectivity index (χ1) is 11.3. The Morgan fingerprint density at radius 1 is 0.957 bits per heavy atom. The number of benzene rings is 2. The molecule has 2 aromatic carbocycles. The molecule has 0 bridgehead atoms. The Balaban J connectivity index is 1.91. The van der Waals surface area contributed by atoms with Crippen LogP contribution in [0.25, 0.3) is 22.3 Å². The summed E-state index contributed by atoms with van der Waals surface area (Å²) in [6.45, 7) is 2.95. The van der Waals surface area contributed by atoms with Gasteiger partial charge in [-0.15, -0.1) is 0 Å². The molecule has 1 fully saturated rings. The maximum atomic E-state index is 9.84. The molecule has 5 nitrogen and oxygen atoms in total. The van der Waals surface area contributed by atoms with E-state index in [1.54, 1.807) is 12.1 Å². The van der Waals surface area contributed by atoms with Crippen LogP contribution in [0.3, 0.4) is 0 Å². The van der Waals surface area contributed by atoms with Crippen LogP contribution in [-0.4, -0.2) is 41.4 Å². The van der Waals surface area contributed by atoms with Crippen LogP contribution >= 0.6 is 0 Å². The number of nitrogens with zero attached hydrogens (tertiary/aromatic N) is 3. The van der Waals surface area contributed by atoms with Gasteiger partial charge in [0.15, 0.2) is 5.82 Å². The van der Waals surface area contributed by atoms with Crippen molar-refractivity contribution in [2.45, 2.75) is 0 Å². The Morgan fingerprint density at radius 2 is 1.74 bits per heavy atom. The largest absolute Gasteiger partial charge is 0.508 e. The summed E-state index contributed by atoms with van der Waals surface area (Å²) in [6.07, 6.45) is 0. The summed E-state index contributed by atoms with van der Waals surface area (Å²) < 4.78 is 5.44. The zero-order chi connectivity index (χ0) is 15.6. The van der Waals surface area contributed by atoms with Gasteiger partial charge in [-0.2, -0.15) is 0 Å². The number of phenols is 1. The van der Waals surface area contributed by atoms with Gasteiger partial charge >= 0.3 is 0 Å². The molecule has 0 amide bonds. The molecule has 1 aromatic heterocycles. The van der Waals surface area contributed by atoms with Crippen LogP contribution in [0, 0.1) is 0 Å². The molecule has 1 saturated heterocycles. The number of morpholine rings is 1. The number of hydrogen-bond donors (Lipinski definition) is 1. The summed E-state index contributed by atoms with van der Waals surface area (Å²) >= 11 is 0. The molecule has 1 aliphatic rings. The molecule has 23 heavy (non-hydrogen) atoms. The molecule has 0 unspecified atom stereocenters. The van der Waals surface area contributed by atoms with Gasteiger partial charge in [0.2, 0.25) is 0 Å². The topological polar surface area (TPSA) is 58.5 Å². The van der Waals surface area contributed by atoms with E-state index in [2.05, 4.69) is 9.88 Å². The van der Waals surface area contributed by atoms with Gasteiger partial charge in [0.1, 0.15) is 11.6 Å². The van der Waals surface area contributed by atoms with Crippen LogP contribution in [0.4, 0.5) is 5.82 Å². The van der Waals surface area contributed by atoms with Crippen molar-refractivity contribution in [2.75, 3.05) is 31.2 Å². The summed E-state index contributed by atoms with van der Waals surface area (Å²) in [5.41, 5.74) is 1.81. The zero-order valence-corrected chi connectivity index (χ0v) is 12.6. The third-order valence-electron chi connectivity index (χ3n) is 4.00. The number of hydrogen-bond acceptors (Lipinski definition) is 5. The first-order valence-electron chi connectivity index (χ1n) is 7.70. The molecule has 0 spiro atoms. The van der Waals surface area contributed by atoms with Crippen molar-refractivity contribution >= 4 is 16.7 Å². The van der Waals surface area contributed by atoms with Crippen molar-refractivity contribution in [3.05, 3.63) is 48.5 Å². The quantitative estimate of drug-likeness (QED) is 0.789. The minimum Gasteiger partial charge on any atom is -0.508 e. The van der Waals surface area contributed by atoms with Gasteiger partial charge < -0.3 is 14.7 Å². The van der Waals surface area contributed by atoms with Gasteiger partial charge in [0, 0.05) is 24.0 Å². The van der Waals surface area contributed by atoms with E-state index in [1.807, 2.05) is 36.4 Å². The Hall–Kier alpha value is -2.66. The Bertz CT molecular complexity index is 830. The highest BCUT2D eigenvalue weighted by molar-refractivity contribution is 5.92. The fraction of sp³-hybridized carbons (Fsp3) is 0.222. The summed E-state index contributed by atoms with van der Waals surface area (Å²) in [4.78, 5) is 11.6. The average Bonchev–Trinajstić information content (AvgIpc) is 2.62. The number of ether oxygens (including phenoxy) is 1. The number of phenolic OH excluding ortho intramolecular Hbond substituents is 1. The van der Waals surface area contributed by atoms with Crippen molar-refractivity contribution in [3.63, 3.8) is 0 Å². The summed E-state index contributed by atoms with van der Waals surface area (Å²) in [7, 11) is 0. The third-order valence-corrected chi connectivity index (χ3v) is 4.00. The van der Waals surface area contributed by atoms with Gasteiger partial charge in [-0.3, -0.25) is 0 Å². The lowest BCUT2D eigenvalue weighted by atomic mass is 10.1. The monoisotopic (exact) mass is 307 g/mol. The van der Waals surface area contributed by atoms with Gasteiger partial charge in [-0.05, 0) is 18.2 Å². The van der Waals surface area contributed by atoms with Crippen LogP contribution < -0.4 is 4.90 Å². The van der Waals surface area contributed by atoms with E-state index in [1.165, 1.54) is 0 Å². The van der Waals surface area contributed by atoms with E-state index >= 15 is 0 Å². The van der Waals surface area contributed by atoms with Gasteiger partial charge in [0.25, 0.3) is 0 Å². The number of anilines is 1. The predicted octanol–water partition coefficient (Wildman–Crippen LogP) is 2.84. The number of fused-ring (bicyclic) bond motifs is 1. The first-order valence-corrected chi connectivity index (χ1v) is 7.70. The van der Waals surface area contributed by atoms with E-state index in [-0.39, 0.29) is 5.75 Å². The highest BCUT2D eigenvalue weighted by atomic mass is 16.5. The standard InChI is InChI=1S/C18H17N3O2/c22-14-6-7-16-15(12-14)18(21-8-10-23-11-9-21)20-17(19-16)13-4-2-1-3-5-13/h1-7,12,22H,8-11H2. The van der Waals surface area contributed by atoms with E-state index in [0.29, 0.717) is 19.0 Å². The maximum Gasteiger partial charge on any atom is 0.162 e. The Labute approximate surface area is 134 Å². The lowest BCUT2D eigenvalue weighted by Gasteiger charge is -2.29. The zero-order valence-electron chi connectivity index (χ0n) is 12.6. The molecule has 1 N–H and O–H groups in total. The van der Waals surface area contributed by atoms with Crippen LogP contribution in [0.1, 0.15) is 0 Å². The normalized spacial score (nSPS) is 15.0. The minimum atomic E-state index is 0.225. The van der Waals surface area contributed by atoms with Gasteiger partial charge in [-0.25, -0.2) is 9.97 Å². The van der Waals surface area contributed by atoms with E-state index in [9.17, 15) is 5.11 Å². The van der Waals surface area contributed by atoms with E-state index in [4.69, 9.17) is 9.72 Å². The highest BCUT2D eigenvalue weighted by Gasteiger charge is 2.18. The molecule has 4 rings (SSSR count). The fourth-order valence-electron chi connectivity index (χ4n) is 2.83. The number of aromatic hydroxyl groups is 1. The molecule has 116 valence electrons. The van der Waals surface area contributed by atoms with Crippen LogP contribution in [0.15, 0.2) is 48.5 Å². The predicted molar refractivity (Wildman–Crippen MR) is 89.7 cm³/mol. The lowest BCUT2D eigenvalue weighted by Crippen LogP contribution is -2.37. The van der Waals surface area contributed by atoms with Crippen molar-refractivity contribution in [1.29, 1.82) is 0 Å². The molecule has 2 heterocycles. The van der Waals surface area contributed by atoms with Crippen LogP contribution in [0.2, 0.25) is 0 Å². The Morgan fingerprint density at radius 3 is 2.52 bits per heavy atom. The van der Waals surface area contributed by atoms with Gasteiger partial charge in [0.05, 0.1) is 18.7 Å². The molecular weight excluding hydrogens is 290 g/mol. The van der Waals surface area contributed by atoms with E-state index in [0.717, 1.165) is 35.4 Å². The molecule has 5 heteroatoms. The minimum absolute atomic E-state index is 0.225. The second kappa shape index (κ2) is 5.85. The van der Waals surface area contributed by atoms with Crippen molar-refractivity contribution in [1.82, 2.24) is 9.97 Å². The molecular formula is C18H17N3O2. The summed E-state index contributed by atoms with van der Waals surface area (Å²) in [6, 6.07) is 15.2. The Kier molecular flexibility index (Phi) is 3.55. The fourth-order valence-corrected chi connectivity index (χ4v) is 2.83. The number of rotatable bonds is 2.